The zero-order chi connectivity index (χ0) is 9.10. The summed E-state index contributed by atoms with van der Waals surface area (Å²) in [5.74, 6) is 1.71. The van der Waals surface area contributed by atoms with Gasteiger partial charge in [0.05, 0.1) is 12.2 Å². The van der Waals surface area contributed by atoms with Gasteiger partial charge in [-0.25, -0.2) is 4.98 Å². The van der Waals surface area contributed by atoms with E-state index in [4.69, 9.17) is 10.2 Å². The SMILES string of the molecule is NCCc1cnc(C2CCCN2)o1. The summed E-state index contributed by atoms with van der Waals surface area (Å²) in [5, 5.41) is 3.34. The van der Waals surface area contributed by atoms with Crippen LogP contribution < -0.4 is 11.1 Å². The van der Waals surface area contributed by atoms with Crippen molar-refractivity contribution in [3.8, 4) is 0 Å². The maximum Gasteiger partial charge on any atom is 0.211 e. The second-order valence-corrected chi connectivity index (χ2v) is 3.35. The molecule has 0 saturated carbocycles. The Morgan fingerprint density at radius 1 is 1.69 bits per heavy atom. The molecule has 1 unspecified atom stereocenters. The van der Waals surface area contributed by atoms with Crippen molar-refractivity contribution in [3.63, 3.8) is 0 Å². The second kappa shape index (κ2) is 3.89. The third kappa shape index (κ3) is 1.89. The number of nitrogens with two attached hydrogens (primary N) is 1. The summed E-state index contributed by atoms with van der Waals surface area (Å²) >= 11 is 0. The van der Waals surface area contributed by atoms with Crippen molar-refractivity contribution in [2.75, 3.05) is 13.1 Å². The van der Waals surface area contributed by atoms with Gasteiger partial charge in [0.2, 0.25) is 5.89 Å². The third-order valence-electron chi connectivity index (χ3n) is 2.32. The van der Waals surface area contributed by atoms with Gasteiger partial charge in [-0.3, -0.25) is 0 Å². The van der Waals surface area contributed by atoms with Crippen LogP contribution in [0.5, 0.6) is 0 Å². The highest BCUT2D eigenvalue weighted by Gasteiger charge is 2.20. The summed E-state index contributed by atoms with van der Waals surface area (Å²) in [4.78, 5) is 4.23. The molecule has 2 rings (SSSR count). The van der Waals surface area contributed by atoms with Crippen LogP contribution in [0.1, 0.15) is 30.5 Å². The molecule has 0 aromatic carbocycles. The largest absolute Gasteiger partial charge is 0.444 e. The van der Waals surface area contributed by atoms with Crippen molar-refractivity contribution in [2.24, 2.45) is 5.73 Å². The number of oxazole rings is 1. The van der Waals surface area contributed by atoms with Crippen molar-refractivity contribution >= 4 is 0 Å². The zero-order valence-electron chi connectivity index (χ0n) is 7.62. The lowest BCUT2D eigenvalue weighted by molar-refractivity contribution is 0.405. The molecule has 72 valence electrons. The molecule has 1 aliphatic heterocycles. The summed E-state index contributed by atoms with van der Waals surface area (Å²) in [5.41, 5.74) is 5.42. The Bertz CT molecular complexity index is 266. The number of rotatable bonds is 3. The van der Waals surface area contributed by atoms with Crippen LogP contribution in [-0.2, 0) is 6.42 Å². The minimum atomic E-state index is 0.325. The molecule has 1 atom stereocenters. The summed E-state index contributed by atoms with van der Waals surface area (Å²) in [6.45, 7) is 1.69. The van der Waals surface area contributed by atoms with E-state index >= 15 is 0 Å². The average molecular weight is 181 g/mol. The Labute approximate surface area is 77.5 Å². The fourth-order valence-corrected chi connectivity index (χ4v) is 1.64. The number of hydrogen-bond donors (Lipinski definition) is 2. The monoisotopic (exact) mass is 181 g/mol. The molecule has 0 spiro atoms. The summed E-state index contributed by atoms with van der Waals surface area (Å²) in [7, 11) is 0. The van der Waals surface area contributed by atoms with Crippen LogP contribution in [0.15, 0.2) is 10.6 Å². The van der Waals surface area contributed by atoms with Gasteiger partial charge in [0.15, 0.2) is 0 Å². The standard InChI is InChI=1S/C9H15N3O/c10-4-3-7-6-12-9(13-7)8-2-1-5-11-8/h6,8,11H,1-5,10H2. The van der Waals surface area contributed by atoms with E-state index in [2.05, 4.69) is 10.3 Å². The highest BCUT2D eigenvalue weighted by Crippen LogP contribution is 2.22. The highest BCUT2D eigenvalue weighted by atomic mass is 16.4. The molecule has 1 aliphatic rings. The van der Waals surface area contributed by atoms with Gasteiger partial charge in [0, 0.05) is 6.42 Å². The Morgan fingerprint density at radius 3 is 3.31 bits per heavy atom. The van der Waals surface area contributed by atoms with Gasteiger partial charge >= 0.3 is 0 Å². The van der Waals surface area contributed by atoms with E-state index in [1.807, 2.05) is 0 Å². The molecule has 1 fully saturated rings. The van der Waals surface area contributed by atoms with Gasteiger partial charge in [-0.2, -0.15) is 0 Å². The minimum Gasteiger partial charge on any atom is -0.444 e. The molecule has 2 heterocycles. The van der Waals surface area contributed by atoms with Gasteiger partial charge in [-0.05, 0) is 25.9 Å². The Hall–Kier alpha value is -0.870. The lowest BCUT2D eigenvalue weighted by atomic mass is 10.2. The predicted octanol–water partition coefficient (Wildman–Crippen LogP) is 0.600. The topological polar surface area (TPSA) is 64.1 Å². The van der Waals surface area contributed by atoms with Crippen LogP contribution in [0, 0.1) is 0 Å². The molecular formula is C9H15N3O. The highest BCUT2D eigenvalue weighted by molar-refractivity contribution is 5.00. The van der Waals surface area contributed by atoms with Crippen LogP contribution in [0.2, 0.25) is 0 Å². The fraction of sp³-hybridized carbons (Fsp3) is 0.667. The Balaban J connectivity index is 2.03. The first-order valence-electron chi connectivity index (χ1n) is 4.78. The molecule has 4 heteroatoms. The lowest BCUT2D eigenvalue weighted by Gasteiger charge is -2.03. The third-order valence-corrected chi connectivity index (χ3v) is 2.32. The Morgan fingerprint density at radius 2 is 2.62 bits per heavy atom. The normalized spacial score (nSPS) is 22.4. The molecule has 0 radical (unpaired) electrons. The smallest absolute Gasteiger partial charge is 0.211 e. The molecule has 0 amide bonds. The number of aromatic nitrogens is 1. The summed E-state index contributed by atoms with van der Waals surface area (Å²) in [6.07, 6.45) is 4.89. The molecule has 1 aromatic rings. The van der Waals surface area contributed by atoms with Crippen LogP contribution in [0.25, 0.3) is 0 Å². The van der Waals surface area contributed by atoms with Crippen molar-refractivity contribution in [3.05, 3.63) is 17.8 Å². The lowest BCUT2D eigenvalue weighted by Crippen LogP contribution is -2.12. The zero-order valence-corrected chi connectivity index (χ0v) is 7.62. The molecule has 13 heavy (non-hydrogen) atoms. The predicted molar refractivity (Wildman–Crippen MR) is 49.2 cm³/mol. The Kier molecular flexibility index (Phi) is 2.61. The maximum absolute atomic E-state index is 5.55. The number of hydrogen-bond acceptors (Lipinski definition) is 4. The molecule has 0 aliphatic carbocycles. The van der Waals surface area contributed by atoms with E-state index in [1.165, 1.54) is 6.42 Å². The average Bonchev–Trinajstić information content (AvgIpc) is 2.70. The van der Waals surface area contributed by atoms with Crippen LogP contribution >= 0.6 is 0 Å². The number of nitrogens with one attached hydrogen (secondary N) is 1. The van der Waals surface area contributed by atoms with Crippen LogP contribution in [-0.4, -0.2) is 18.1 Å². The van der Waals surface area contributed by atoms with E-state index in [-0.39, 0.29) is 0 Å². The summed E-state index contributed by atoms with van der Waals surface area (Å²) in [6, 6.07) is 0.325. The van der Waals surface area contributed by atoms with Gasteiger partial charge < -0.3 is 15.5 Å². The quantitative estimate of drug-likeness (QED) is 0.716. The van der Waals surface area contributed by atoms with E-state index in [9.17, 15) is 0 Å². The van der Waals surface area contributed by atoms with Gasteiger partial charge in [-0.15, -0.1) is 0 Å². The van der Waals surface area contributed by atoms with Crippen molar-refractivity contribution in [1.29, 1.82) is 0 Å². The first-order chi connectivity index (χ1) is 6.40. The van der Waals surface area contributed by atoms with Crippen molar-refractivity contribution in [1.82, 2.24) is 10.3 Å². The maximum atomic E-state index is 5.55. The first kappa shape index (κ1) is 8.72. The molecule has 1 aromatic heterocycles. The molecular weight excluding hydrogens is 166 g/mol. The minimum absolute atomic E-state index is 0.325. The van der Waals surface area contributed by atoms with E-state index in [1.54, 1.807) is 6.20 Å². The van der Waals surface area contributed by atoms with Crippen LogP contribution in [0.4, 0.5) is 0 Å². The van der Waals surface area contributed by atoms with Crippen molar-refractivity contribution < 1.29 is 4.42 Å². The first-order valence-corrected chi connectivity index (χ1v) is 4.78. The van der Waals surface area contributed by atoms with Gasteiger partial charge in [0.25, 0.3) is 0 Å². The fourth-order valence-electron chi connectivity index (χ4n) is 1.64. The van der Waals surface area contributed by atoms with Gasteiger partial charge in [0.1, 0.15) is 5.76 Å². The number of nitrogens with zero attached hydrogens (tertiary/aromatic N) is 1. The molecule has 3 N–H and O–H groups in total. The molecule has 4 nitrogen and oxygen atoms in total. The van der Waals surface area contributed by atoms with E-state index < -0.39 is 0 Å². The van der Waals surface area contributed by atoms with E-state index in [0.29, 0.717) is 12.6 Å². The second-order valence-electron chi connectivity index (χ2n) is 3.35. The molecule has 0 bridgehead atoms. The van der Waals surface area contributed by atoms with E-state index in [0.717, 1.165) is 31.0 Å². The van der Waals surface area contributed by atoms with Crippen molar-refractivity contribution in [2.45, 2.75) is 25.3 Å². The van der Waals surface area contributed by atoms with Crippen LogP contribution in [0.3, 0.4) is 0 Å². The molecule has 1 saturated heterocycles. The van der Waals surface area contributed by atoms with Gasteiger partial charge in [-0.1, -0.05) is 0 Å². The summed E-state index contributed by atoms with van der Waals surface area (Å²) < 4.78 is 5.55.